The zero-order valence-corrected chi connectivity index (χ0v) is 9.13. The highest BCUT2D eigenvalue weighted by Crippen LogP contribution is 2.04. The predicted octanol–water partition coefficient (Wildman–Crippen LogP) is 0.139. The van der Waals surface area contributed by atoms with Gasteiger partial charge in [0.25, 0.3) is 0 Å². The van der Waals surface area contributed by atoms with Gasteiger partial charge in [-0.15, -0.1) is 0 Å². The van der Waals surface area contributed by atoms with Gasteiger partial charge < -0.3 is 14.6 Å². The molecule has 0 fully saturated rings. The number of carbonyl (C=O) groups is 1. The van der Waals surface area contributed by atoms with Gasteiger partial charge in [0.05, 0.1) is 19.5 Å². The largest absolute Gasteiger partial charge is 0.461 e. The first-order valence-corrected chi connectivity index (χ1v) is 5.28. The molecule has 0 unspecified atom stereocenters. The zero-order chi connectivity index (χ0) is 11.8. The van der Waals surface area contributed by atoms with Crippen molar-refractivity contribution in [2.24, 2.45) is 0 Å². The van der Waals surface area contributed by atoms with Crippen molar-refractivity contribution in [1.82, 2.24) is 4.90 Å². The van der Waals surface area contributed by atoms with E-state index in [0.29, 0.717) is 31.8 Å². The third kappa shape index (κ3) is 4.14. The minimum Gasteiger partial charge on any atom is -0.461 e. The molecule has 0 amide bonds. The Kier molecular flexibility index (Phi) is 5.77. The van der Waals surface area contributed by atoms with E-state index in [2.05, 4.69) is 0 Å². The molecular weight excluding hydrogens is 210 g/mol. The molecule has 90 valence electrons. The maximum absolute atomic E-state index is 11.6. The summed E-state index contributed by atoms with van der Waals surface area (Å²) in [5.74, 6) is 0.291. The summed E-state index contributed by atoms with van der Waals surface area (Å²) >= 11 is 0. The van der Waals surface area contributed by atoms with Crippen LogP contribution in [0.1, 0.15) is 17.0 Å². The van der Waals surface area contributed by atoms with Gasteiger partial charge in [0, 0.05) is 26.1 Å². The molecular formula is C11H17NO4. The number of aliphatic hydroxyl groups is 2. The van der Waals surface area contributed by atoms with Crippen molar-refractivity contribution in [1.29, 1.82) is 0 Å². The summed E-state index contributed by atoms with van der Waals surface area (Å²) in [6.45, 7) is 1.49. The lowest BCUT2D eigenvalue weighted by Crippen LogP contribution is -2.31. The molecule has 0 aromatic carbocycles. The van der Waals surface area contributed by atoms with Crippen LogP contribution in [0.25, 0.3) is 0 Å². The van der Waals surface area contributed by atoms with E-state index in [1.807, 2.05) is 4.90 Å². The van der Waals surface area contributed by atoms with Gasteiger partial charge >= 0.3 is 0 Å². The van der Waals surface area contributed by atoms with E-state index in [9.17, 15) is 4.79 Å². The van der Waals surface area contributed by atoms with Crippen LogP contribution in [-0.2, 0) is 0 Å². The van der Waals surface area contributed by atoms with Crippen LogP contribution in [-0.4, -0.2) is 53.7 Å². The standard InChI is InChI=1S/C11H17NO4/c13-7-5-12(6-8-14)4-3-10(15)11-2-1-9-16-11/h1-2,9,13-14H,3-8H2. The molecule has 0 radical (unpaired) electrons. The Balaban J connectivity index is 2.34. The minimum atomic E-state index is -0.0640. The van der Waals surface area contributed by atoms with Crippen LogP contribution in [0.4, 0.5) is 0 Å². The predicted molar refractivity (Wildman–Crippen MR) is 58.3 cm³/mol. The second kappa shape index (κ2) is 7.16. The molecule has 0 aliphatic rings. The Morgan fingerprint density at radius 3 is 2.44 bits per heavy atom. The molecule has 1 rings (SSSR count). The van der Waals surface area contributed by atoms with Crippen LogP contribution in [0, 0.1) is 0 Å². The summed E-state index contributed by atoms with van der Waals surface area (Å²) in [6, 6.07) is 3.30. The first kappa shape index (κ1) is 12.9. The van der Waals surface area contributed by atoms with Gasteiger partial charge in [0.1, 0.15) is 0 Å². The number of carbonyl (C=O) groups excluding carboxylic acids is 1. The van der Waals surface area contributed by atoms with Crippen molar-refractivity contribution in [3.05, 3.63) is 24.2 Å². The second-order valence-electron chi connectivity index (χ2n) is 3.44. The van der Waals surface area contributed by atoms with E-state index in [1.54, 1.807) is 12.1 Å². The summed E-state index contributed by atoms with van der Waals surface area (Å²) in [6.07, 6.45) is 1.79. The first-order chi connectivity index (χ1) is 7.77. The van der Waals surface area contributed by atoms with Crippen LogP contribution in [0.2, 0.25) is 0 Å². The van der Waals surface area contributed by atoms with E-state index >= 15 is 0 Å². The fraction of sp³-hybridized carbons (Fsp3) is 0.545. The molecule has 0 bridgehead atoms. The van der Waals surface area contributed by atoms with Crippen molar-refractivity contribution in [2.75, 3.05) is 32.8 Å². The molecule has 0 aliphatic heterocycles. The minimum absolute atomic E-state index is 0.0228. The molecule has 0 aliphatic carbocycles. The maximum Gasteiger partial charge on any atom is 0.199 e. The van der Waals surface area contributed by atoms with Crippen LogP contribution in [0.5, 0.6) is 0 Å². The molecule has 0 saturated carbocycles. The van der Waals surface area contributed by atoms with Gasteiger partial charge in [-0.05, 0) is 12.1 Å². The monoisotopic (exact) mass is 227 g/mol. The van der Waals surface area contributed by atoms with Gasteiger partial charge in [0.2, 0.25) is 0 Å². The lowest BCUT2D eigenvalue weighted by molar-refractivity contribution is 0.0920. The lowest BCUT2D eigenvalue weighted by Gasteiger charge is -2.19. The van der Waals surface area contributed by atoms with Gasteiger partial charge in [-0.25, -0.2) is 0 Å². The molecule has 2 N–H and O–H groups in total. The van der Waals surface area contributed by atoms with Crippen molar-refractivity contribution in [3.8, 4) is 0 Å². The molecule has 0 atom stereocenters. The summed E-state index contributed by atoms with van der Waals surface area (Å²) < 4.78 is 4.98. The van der Waals surface area contributed by atoms with Gasteiger partial charge in [-0.1, -0.05) is 0 Å². The smallest absolute Gasteiger partial charge is 0.199 e. The van der Waals surface area contributed by atoms with Crippen LogP contribution in [0.3, 0.4) is 0 Å². The van der Waals surface area contributed by atoms with Crippen LogP contribution in [0.15, 0.2) is 22.8 Å². The van der Waals surface area contributed by atoms with Crippen LogP contribution >= 0.6 is 0 Å². The van der Waals surface area contributed by atoms with Crippen molar-refractivity contribution >= 4 is 5.78 Å². The molecule has 5 nitrogen and oxygen atoms in total. The average molecular weight is 227 g/mol. The summed E-state index contributed by atoms with van der Waals surface area (Å²) in [7, 11) is 0. The SMILES string of the molecule is O=C(CCN(CCO)CCO)c1ccco1. The Morgan fingerprint density at radius 1 is 1.25 bits per heavy atom. The Labute approximate surface area is 94.3 Å². The number of hydrogen-bond donors (Lipinski definition) is 2. The first-order valence-electron chi connectivity index (χ1n) is 5.28. The number of nitrogens with zero attached hydrogens (tertiary/aromatic N) is 1. The van der Waals surface area contributed by atoms with E-state index < -0.39 is 0 Å². The van der Waals surface area contributed by atoms with Gasteiger partial charge in [-0.2, -0.15) is 0 Å². The molecule has 1 heterocycles. The summed E-state index contributed by atoms with van der Waals surface area (Å²) in [5, 5.41) is 17.6. The van der Waals surface area contributed by atoms with E-state index in [4.69, 9.17) is 14.6 Å². The number of Topliss-reactive ketones (excluding diaryl/α,β-unsaturated/α-hetero) is 1. The fourth-order valence-corrected chi connectivity index (χ4v) is 1.44. The average Bonchev–Trinajstić information content (AvgIpc) is 2.79. The molecule has 16 heavy (non-hydrogen) atoms. The highest BCUT2D eigenvalue weighted by Gasteiger charge is 2.11. The maximum atomic E-state index is 11.6. The van der Waals surface area contributed by atoms with E-state index in [0.717, 1.165) is 0 Å². The van der Waals surface area contributed by atoms with Crippen molar-refractivity contribution in [3.63, 3.8) is 0 Å². The number of aliphatic hydroxyl groups excluding tert-OH is 2. The Bertz CT molecular complexity index is 291. The highest BCUT2D eigenvalue weighted by molar-refractivity contribution is 5.93. The molecule has 0 saturated heterocycles. The quantitative estimate of drug-likeness (QED) is 0.618. The second-order valence-corrected chi connectivity index (χ2v) is 3.44. The van der Waals surface area contributed by atoms with Crippen LogP contribution < -0.4 is 0 Å². The number of hydrogen-bond acceptors (Lipinski definition) is 5. The topological polar surface area (TPSA) is 73.9 Å². The molecule has 1 aromatic rings. The van der Waals surface area contributed by atoms with E-state index in [1.165, 1.54) is 6.26 Å². The fourth-order valence-electron chi connectivity index (χ4n) is 1.44. The summed E-state index contributed by atoms with van der Waals surface area (Å²) in [4.78, 5) is 13.4. The van der Waals surface area contributed by atoms with E-state index in [-0.39, 0.29) is 19.0 Å². The molecule has 5 heteroatoms. The van der Waals surface area contributed by atoms with Crippen molar-refractivity contribution < 1.29 is 19.4 Å². The third-order valence-corrected chi connectivity index (χ3v) is 2.28. The number of furan rings is 1. The number of ketones is 1. The Morgan fingerprint density at radius 2 is 1.94 bits per heavy atom. The highest BCUT2D eigenvalue weighted by atomic mass is 16.3. The zero-order valence-electron chi connectivity index (χ0n) is 9.13. The molecule has 0 spiro atoms. The lowest BCUT2D eigenvalue weighted by atomic mass is 10.2. The van der Waals surface area contributed by atoms with Crippen molar-refractivity contribution in [2.45, 2.75) is 6.42 Å². The normalized spacial score (nSPS) is 10.9. The third-order valence-electron chi connectivity index (χ3n) is 2.28. The van der Waals surface area contributed by atoms with Gasteiger partial charge in [-0.3, -0.25) is 9.69 Å². The Hall–Kier alpha value is -1.17. The summed E-state index contributed by atoms with van der Waals surface area (Å²) in [5.41, 5.74) is 0. The number of rotatable bonds is 8. The molecule has 1 aromatic heterocycles. The van der Waals surface area contributed by atoms with Gasteiger partial charge in [0.15, 0.2) is 11.5 Å².